The summed E-state index contributed by atoms with van der Waals surface area (Å²) in [5.74, 6) is 1.26. The van der Waals surface area contributed by atoms with E-state index in [1.807, 2.05) is 19.0 Å². The van der Waals surface area contributed by atoms with E-state index >= 15 is 0 Å². The minimum Gasteiger partial charge on any atom is -0.344 e. The number of likely N-dealkylation sites (N-methyl/N-ethyl adjacent to an activating group) is 2. The van der Waals surface area contributed by atoms with Crippen molar-refractivity contribution < 1.29 is 4.79 Å². The molecule has 1 N–H and O–H groups in total. The van der Waals surface area contributed by atoms with Crippen molar-refractivity contribution in [1.82, 2.24) is 10.2 Å². The van der Waals surface area contributed by atoms with E-state index in [0.717, 1.165) is 19.5 Å². The molecule has 0 saturated heterocycles. The molecule has 2 unspecified atom stereocenters. The Labute approximate surface area is 74.1 Å². The van der Waals surface area contributed by atoms with Gasteiger partial charge >= 0.3 is 0 Å². The molecule has 12 heavy (non-hydrogen) atoms. The van der Waals surface area contributed by atoms with Gasteiger partial charge in [-0.1, -0.05) is 6.92 Å². The fourth-order valence-electron chi connectivity index (χ4n) is 1.34. The molecular formula is C9H18N2O. The van der Waals surface area contributed by atoms with E-state index < -0.39 is 0 Å². The van der Waals surface area contributed by atoms with E-state index in [-0.39, 0.29) is 0 Å². The van der Waals surface area contributed by atoms with Crippen molar-refractivity contribution in [2.75, 3.05) is 27.2 Å². The van der Waals surface area contributed by atoms with Crippen molar-refractivity contribution in [3.63, 3.8) is 0 Å². The predicted molar refractivity (Wildman–Crippen MR) is 48.8 cm³/mol. The molecule has 2 atom stereocenters. The summed E-state index contributed by atoms with van der Waals surface area (Å²) in [6, 6.07) is 0. The molecule has 0 aromatic heterocycles. The Balaban J connectivity index is 2.22. The summed E-state index contributed by atoms with van der Waals surface area (Å²) in [7, 11) is 3.78. The first-order valence-electron chi connectivity index (χ1n) is 4.56. The Hall–Kier alpha value is -0.570. The van der Waals surface area contributed by atoms with Gasteiger partial charge in [0.1, 0.15) is 0 Å². The van der Waals surface area contributed by atoms with Crippen molar-refractivity contribution in [2.45, 2.75) is 13.3 Å². The Kier molecular flexibility index (Phi) is 3.09. The van der Waals surface area contributed by atoms with Gasteiger partial charge in [0, 0.05) is 26.1 Å². The second-order valence-electron chi connectivity index (χ2n) is 3.68. The Bertz CT molecular complexity index is 170. The lowest BCUT2D eigenvalue weighted by Gasteiger charge is -2.16. The van der Waals surface area contributed by atoms with Gasteiger partial charge in [0.15, 0.2) is 0 Å². The molecule has 1 fully saturated rings. The van der Waals surface area contributed by atoms with Crippen LogP contribution in [0.1, 0.15) is 13.3 Å². The summed E-state index contributed by atoms with van der Waals surface area (Å²) >= 11 is 0. The monoisotopic (exact) mass is 170 g/mol. The highest BCUT2D eigenvalue weighted by Crippen LogP contribution is 2.38. The van der Waals surface area contributed by atoms with E-state index in [1.54, 1.807) is 0 Å². The lowest BCUT2D eigenvalue weighted by Crippen LogP contribution is -2.34. The normalized spacial score (nSPS) is 26.9. The number of amides is 1. The van der Waals surface area contributed by atoms with Gasteiger partial charge in [0.05, 0.1) is 0 Å². The van der Waals surface area contributed by atoms with Crippen molar-refractivity contribution in [1.29, 1.82) is 0 Å². The number of hydrogen-bond acceptors (Lipinski definition) is 2. The van der Waals surface area contributed by atoms with Gasteiger partial charge < -0.3 is 10.2 Å². The van der Waals surface area contributed by atoms with Crippen LogP contribution in [0.4, 0.5) is 0 Å². The maximum absolute atomic E-state index is 11.5. The molecule has 1 rings (SSSR count). The van der Waals surface area contributed by atoms with Crippen LogP contribution in [0.25, 0.3) is 0 Å². The van der Waals surface area contributed by atoms with Gasteiger partial charge in [-0.15, -0.1) is 0 Å². The van der Waals surface area contributed by atoms with Crippen LogP contribution in [0.15, 0.2) is 0 Å². The number of rotatable bonds is 4. The second kappa shape index (κ2) is 3.90. The molecular weight excluding hydrogens is 152 g/mol. The van der Waals surface area contributed by atoms with Crippen LogP contribution < -0.4 is 5.32 Å². The second-order valence-corrected chi connectivity index (χ2v) is 3.68. The van der Waals surface area contributed by atoms with Gasteiger partial charge in [-0.3, -0.25) is 4.79 Å². The summed E-state index contributed by atoms with van der Waals surface area (Å²) in [6.07, 6.45) is 1.09. The van der Waals surface area contributed by atoms with Crippen LogP contribution in [0, 0.1) is 11.8 Å². The first-order valence-corrected chi connectivity index (χ1v) is 4.56. The standard InChI is InChI=1S/C9H18N2O/c1-7-6-8(7)9(12)11(3)5-4-10-2/h7-8,10H,4-6H2,1-3H3. The maximum Gasteiger partial charge on any atom is 0.225 e. The molecule has 0 bridgehead atoms. The molecule has 1 saturated carbocycles. The zero-order valence-corrected chi connectivity index (χ0v) is 8.13. The van der Waals surface area contributed by atoms with Crippen molar-refractivity contribution in [3.05, 3.63) is 0 Å². The van der Waals surface area contributed by atoms with Crippen LogP contribution in [0.5, 0.6) is 0 Å². The maximum atomic E-state index is 11.5. The third-order valence-corrected chi connectivity index (χ3v) is 2.50. The van der Waals surface area contributed by atoms with Crippen molar-refractivity contribution >= 4 is 5.91 Å². The molecule has 1 amide bonds. The van der Waals surface area contributed by atoms with E-state index in [0.29, 0.717) is 17.7 Å². The molecule has 0 heterocycles. The largest absolute Gasteiger partial charge is 0.344 e. The smallest absolute Gasteiger partial charge is 0.225 e. The molecule has 0 aliphatic heterocycles. The van der Waals surface area contributed by atoms with Crippen molar-refractivity contribution in [2.24, 2.45) is 11.8 Å². The molecule has 3 heteroatoms. The molecule has 0 spiro atoms. The van der Waals surface area contributed by atoms with Crippen LogP contribution in [0.2, 0.25) is 0 Å². The number of hydrogen-bond donors (Lipinski definition) is 1. The van der Waals surface area contributed by atoms with E-state index in [2.05, 4.69) is 12.2 Å². The summed E-state index contributed by atoms with van der Waals surface area (Å²) in [6.45, 7) is 3.83. The predicted octanol–water partition coefficient (Wildman–Crippen LogP) is 0.320. The summed E-state index contributed by atoms with van der Waals surface area (Å²) in [5, 5.41) is 3.03. The fourth-order valence-corrected chi connectivity index (χ4v) is 1.34. The molecule has 1 aliphatic carbocycles. The third kappa shape index (κ3) is 2.21. The number of nitrogens with one attached hydrogen (secondary N) is 1. The van der Waals surface area contributed by atoms with Crippen LogP contribution in [0.3, 0.4) is 0 Å². The summed E-state index contributed by atoms with van der Waals surface area (Å²) in [5.41, 5.74) is 0. The SMILES string of the molecule is CNCCN(C)C(=O)C1CC1C. The summed E-state index contributed by atoms with van der Waals surface area (Å²) in [4.78, 5) is 13.3. The van der Waals surface area contributed by atoms with Crippen LogP contribution >= 0.6 is 0 Å². The van der Waals surface area contributed by atoms with E-state index in [4.69, 9.17) is 0 Å². The number of carbonyl (C=O) groups is 1. The highest BCUT2D eigenvalue weighted by Gasteiger charge is 2.40. The average Bonchev–Trinajstić information content (AvgIpc) is 2.77. The third-order valence-electron chi connectivity index (χ3n) is 2.50. The van der Waals surface area contributed by atoms with Gasteiger partial charge in [0.25, 0.3) is 0 Å². The topological polar surface area (TPSA) is 32.3 Å². The van der Waals surface area contributed by atoms with E-state index in [1.165, 1.54) is 0 Å². The molecule has 1 aliphatic rings. The molecule has 0 aromatic carbocycles. The number of nitrogens with zero attached hydrogens (tertiary/aromatic N) is 1. The first-order chi connectivity index (χ1) is 5.66. The van der Waals surface area contributed by atoms with Gasteiger partial charge in [0.2, 0.25) is 5.91 Å². The molecule has 0 radical (unpaired) electrons. The highest BCUT2D eigenvalue weighted by molar-refractivity contribution is 5.81. The summed E-state index contributed by atoms with van der Waals surface area (Å²) < 4.78 is 0. The number of carbonyl (C=O) groups excluding carboxylic acids is 1. The molecule has 0 aromatic rings. The fraction of sp³-hybridized carbons (Fsp3) is 0.889. The van der Waals surface area contributed by atoms with Crippen LogP contribution in [-0.4, -0.2) is 38.0 Å². The van der Waals surface area contributed by atoms with Gasteiger partial charge in [-0.05, 0) is 19.4 Å². The minimum absolute atomic E-state index is 0.317. The van der Waals surface area contributed by atoms with Gasteiger partial charge in [-0.25, -0.2) is 0 Å². The Morgan fingerprint density at radius 1 is 1.67 bits per heavy atom. The minimum atomic E-state index is 0.317. The lowest BCUT2D eigenvalue weighted by atomic mass is 10.3. The zero-order chi connectivity index (χ0) is 9.14. The Morgan fingerprint density at radius 3 is 2.67 bits per heavy atom. The highest BCUT2D eigenvalue weighted by atomic mass is 16.2. The molecule has 70 valence electrons. The average molecular weight is 170 g/mol. The molecule has 3 nitrogen and oxygen atoms in total. The van der Waals surface area contributed by atoms with Gasteiger partial charge in [-0.2, -0.15) is 0 Å². The Morgan fingerprint density at radius 2 is 2.25 bits per heavy atom. The quantitative estimate of drug-likeness (QED) is 0.659. The van der Waals surface area contributed by atoms with E-state index in [9.17, 15) is 4.79 Å². The van der Waals surface area contributed by atoms with Crippen LogP contribution in [-0.2, 0) is 4.79 Å². The lowest BCUT2D eigenvalue weighted by molar-refractivity contribution is -0.131. The first kappa shape index (κ1) is 9.52. The van der Waals surface area contributed by atoms with Crippen molar-refractivity contribution in [3.8, 4) is 0 Å². The zero-order valence-electron chi connectivity index (χ0n) is 8.13.